The van der Waals surface area contributed by atoms with E-state index in [1.54, 1.807) is 0 Å². The number of aliphatic hydroxyl groups excluding tert-OH is 1. The van der Waals surface area contributed by atoms with Crippen molar-refractivity contribution in [1.29, 1.82) is 0 Å². The van der Waals surface area contributed by atoms with E-state index in [1.807, 2.05) is 0 Å². The number of nitrogens with zero attached hydrogens (tertiary/aromatic N) is 1. The van der Waals surface area contributed by atoms with Gasteiger partial charge in [-0.15, -0.1) is 0 Å². The lowest BCUT2D eigenvalue weighted by atomic mass is 10.1. The van der Waals surface area contributed by atoms with Crippen molar-refractivity contribution in [3.05, 3.63) is 0 Å². The van der Waals surface area contributed by atoms with Crippen molar-refractivity contribution in [2.45, 2.75) is 361 Å². The molecule has 0 saturated heterocycles. The Hall–Kier alpha value is -1.30. The number of carbonyl (C=O) groups is 2. The normalized spacial score (nSPS) is 11.8. The van der Waals surface area contributed by atoms with E-state index in [0.717, 1.165) is 110 Å². The highest BCUT2D eigenvalue weighted by molar-refractivity contribution is 5.69. The van der Waals surface area contributed by atoms with Gasteiger partial charge in [0.05, 0.1) is 26.1 Å². The molecule has 0 rings (SSSR count). The van der Waals surface area contributed by atoms with Crippen molar-refractivity contribution in [2.24, 2.45) is 0 Å². The summed E-state index contributed by atoms with van der Waals surface area (Å²) >= 11 is 0. The Labute approximate surface area is 485 Å². The molecule has 78 heavy (non-hydrogen) atoms. The Kier molecular flexibility index (Phi) is 65.4. The molecule has 0 fully saturated rings. The molecule has 0 aromatic rings. The molecule has 0 atom stereocenters. The minimum atomic E-state index is -0.334. The molecule has 10 nitrogen and oxygen atoms in total. The molecule has 0 unspecified atom stereocenters. The van der Waals surface area contributed by atoms with E-state index < -0.39 is 0 Å². The van der Waals surface area contributed by atoms with Crippen LogP contribution in [0.4, 0.5) is 0 Å². The maximum atomic E-state index is 12.8. The van der Waals surface area contributed by atoms with E-state index >= 15 is 0 Å². The molecule has 0 aromatic heterocycles. The van der Waals surface area contributed by atoms with Crippen LogP contribution in [0.2, 0.25) is 0 Å². The van der Waals surface area contributed by atoms with Crippen LogP contribution in [-0.4, -0.2) is 100 Å². The third-order valence-electron chi connectivity index (χ3n) is 15.5. The van der Waals surface area contributed by atoms with Gasteiger partial charge >= 0.3 is 11.9 Å². The number of hydrogen-bond acceptors (Lipinski definition) is 10. The van der Waals surface area contributed by atoms with Crippen LogP contribution >= 0.6 is 0 Å². The van der Waals surface area contributed by atoms with Gasteiger partial charge in [-0.1, -0.05) is 259 Å². The van der Waals surface area contributed by atoms with Gasteiger partial charge in [0.25, 0.3) is 0 Å². The fraction of sp³-hybridized carbons (Fsp3) is 0.971. The summed E-state index contributed by atoms with van der Waals surface area (Å²) in [6, 6.07) is 0. The summed E-state index contributed by atoms with van der Waals surface area (Å²) in [6.07, 6.45) is 57.5. The predicted octanol–water partition coefficient (Wildman–Crippen LogP) is 19.7. The van der Waals surface area contributed by atoms with Crippen molar-refractivity contribution in [2.75, 3.05) is 65.9 Å². The molecule has 0 aliphatic carbocycles. The molecule has 0 bridgehead atoms. The van der Waals surface area contributed by atoms with Crippen LogP contribution in [0.1, 0.15) is 349 Å². The van der Waals surface area contributed by atoms with Crippen molar-refractivity contribution in [1.82, 2.24) is 4.90 Å². The SMILES string of the molecule is CCCCCCCCCCCOC(CCC(=O)OCCCCCCN(CCCCO)CCCCCCOC(=O)CCC(OCCCCCCCCCCC)OCCCCCCCCCCC)OCCCCCCCCCCC. The summed E-state index contributed by atoms with van der Waals surface area (Å²) in [5.74, 6) is -0.296. The third-order valence-corrected chi connectivity index (χ3v) is 15.5. The molecule has 0 radical (unpaired) electrons. The second-order valence-electron chi connectivity index (χ2n) is 23.3. The first-order chi connectivity index (χ1) is 38.5. The Morgan fingerprint density at radius 1 is 0.295 bits per heavy atom. The van der Waals surface area contributed by atoms with Gasteiger partial charge in [-0.2, -0.15) is 0 Å². The van der Waals surface area contributed by atoms with E-state index in [9.17, 15) is 14.7 Å². The first-order valence-corrected chi connectivity index (χ1v) is 34.6. The van der Waals surface area contributed by atoms with Gasteiger partial charge in [-0.05, 0) is 83.8 Å². The minimum Gasteiger partial charge on any atom is -0.466 e. The van der Waals surface area contributed by atoms with Gasteiger partial charge in [0.15, 0.2) is 12.6 Å². The quantitative estimate of drug-likeness (QED) is 0.0359. The van der Waals surface area contributed by atoms with E-state index in [0.29, 0.717) is 65.3 Å². The molecule has 0 saturated carbocycles. The Morgan fingerprint density at radius 3 is 0.769 bits per heavy atom. The monoisotopic (exact) mass is 1110 g/mol. The zero-order chi connectivity index (χ0) is 56.6. The lowest BCUT2D eigenvalue weighted by Crippen LogP contribution is -2.27. The number of unbranched alkanes of at least 4 members (excludes halogenated alkanes) is 39. The average molecular weight is 1110 g/mol. The van der Waals surface area contributed by atoms with Crippen LogP contribution in [0, 0.1) is 0 Å². The minimum absolute atomic E-state index is 0.148. The molecular weight excluding hydrogens is 975 g/mol. The largest absolute Gasteiger partial charge is 0.466 e. The molecule has 0 aromatic carbocycles. The maximum absolute atomic E-state index is 12.8. The third kappa shape index (κ3) is 60.8. The summed E-state index contributed by atoms with van der Waals surface area (Å²) in [5, 5.41) is 9.42. The number of aliphatic hydroxyl groups is 1. The summed E-state index contributed by atoms with van der Waals surface area (Å²) in [7, 11) is 0. The first-order valence-electron chi connectivity index (χ1n) is 34.6. The van der Waals surface area contributed by atoms with Crippen LogP contribution in [0.15, 0.2) is 0 Å². The van der Waals surface area contributed by atoms with Crippen LogP contribution in [-0.2, 0) is 38.0 Å². The molecule has 0 spiro atoms. The fourth-order valence-corrected chi connectivity index (χ4v) is 10.3. The number of rotatable bonds is 68. The van der Waals surface area contributed by atoms with Gasteiger partial charge in [0.2, 0.25) is 0 Å². The number of ether oxygens (including phenoxy) is 6. The highest BCUT2D eigenvalue weighted by Crippen LogP contribution is 2.17. The van der Waals surface area contributed by atoms with Gasteiger partial charge in [0, 0.05) is 45.9 Å². The second-order valence-corrected chi connectivity index (χ2v) is 23.3. The smallest absolute Gasteiger partial charge is 0.305 e. The number of carbonyl (C=O) groups excluding carboxylic acids is 2. The zero-order valence-corrected chi connectivity index (χ0v) is 52.7. The highest BCUT2D eigenvalue weighted by atomic mass is 16.7. The summed E-state index contributed by atoms with van der Waals surface area (Å²) < 4.78 is 36.1. The van der Waals surface area contributed by atoms with E-state index in [1.165, 1.54) is 205 Å². The predicted molar refractivity (Wildman–Crippen MR) is 330 cm³/mol. The fourth-order valence-electron chi connectivity index (χ4n) is 10.3. The summed E-state index contributed by atoms with van der Waals surface area (Å²) in [4.78, 5) is 28.1. The highest BCUT2D eigenvalue weighted by Gasteiger charge is 2.16. The Morgan fingerprint density at radius 2 is 0.513 bits per heavy atom. The van der Waals surface area contributed by atoms with Crippen LogP contribution in [0.5, 0.6) is 0 Å². The molecule has 0 amide bonds. The lowest BCUT2D eigenvalue weighted by Gasteiger charge is -2.22. The van der Waals surface area contributed by atoms with Crippen molar-refractivity contribution in [3.63, 3.8) is 0 Å². The molecular formula is C68H135NO9. The van der Waals surface area contributed by atoms with Crippen molar-refractivity contribution >= 4 is 11.9 Å². The van der Waals surface area contributed by atoms with Crippen molar-refractivity contribution in [3.8, 4) is 0 Å². The Bertz CT molecular complexity index is 1030. The molecule has 0 aliphatic rings. The second kappa shape index (κ2) is 66.5. The summed E-state index contributed by atoms with van der Waals surface area (Å²) in [5.41, 5.74) is 0. The van der Waals surface area contributed by atoms with E-state index in [-0.39, 0.29) is 31.1 Å². The zero-order valence-electron chi connectivity index (χ0n) is 52.7. The van der Waals surface area contributed by atoms with Crippen LogP contribution in [0.3, 0.4) is 0 Å². The van der Waals surface area contributed by atoms with Gasteiger partial charge in [-0.3, -0.25) is 9.59 Å². The maximum Gasteiger partial charge on any atom is 0.305 e. The lowest BCUT2D eigenvalue weighted by molar-refractivity contribution is -0.159. The number of hydrogen-bond donors (Lipinski definition) is 1. The Balaban J connectivity index is 4.48. The van der Waals surface area contributed by atoms with E-state index in [4.69, 9.17) is 28.4 Å². The molecule has 1 N–H and O–H groups in total. The van der Waals surface area contributed by atoms with Crippen LogP contribution in [0.25, 0.3) is 0 Å². The topological polar surface area (TPSA) is 113 Å². The van der Waals surface area contributed by atoms with Gasteiger partial charge in [-0.25, -0.2) is 0 Å². The molecule has 466 valence electrons. The van der Waals surface area contributed by atoms with Gasteiger partial charge in [0.1, 0.15) is 0 Å². The number of esters is 2. The summed E-state index contributed by atoms with van der Waals surface area (Å²) in [6.45, 7) is 16.2. The van der Waals surface area contributed by atoms with Gasteiger partial charge < -0.3 is 38.4 Å². The van der Waals surface area contributed by atoms with Crippen molar-refractivity contribution < 1.29 is 43.1 Å². The standard InChI is InChI=1S/C68H135NO9/c1-5-9-13-17-21-25-29-35-47-61-75-67(76-62-48-36-30-26-22-18-14-10-6-2)53-51-65(71)73-59-45-39-33-41-55-69(57-43-44-58-70)56-42-34-40-46-60-74-66(72)52-54-68(77-63-49-37-31-27-23-19-15-11-7-3)78-64-50-38-32-28-24-20-16-12-8-4/h67-68,70H,5-64H2,1-4H3. The molecule has 0 heterocycles. The molecule has 10 heteroatoms. The first kappa shape index (κ1) is 76.7. The van der Waals surface area contributed by atoms with Crippen LogP contribution < -0.4 is 0 Å². The molecule has 0 aliphatic heterocycles. The average Bonchev–Trinajstić information content (AvgIpc) is 3.44. The van der Waals surface area contributed by atoms with E-state index in [2.05, 4.69) is 32.6 Å².